The predicted molar refractivity (Wildman–Crippen MR) is 80.2 cm³/mol. The summed E-state index contributed by atoms with van der Waals surface area (Å²) in [5, 5.41) is 0. The number of aryl methyl sites for hydroxylation is 2. The molecule has 1 aromatic carbocycles. The zero-order valence-corrected chi connectivity index (χ0v) is 12.3. The maximum atomic E-state index is 13.5. The van der Waals surface area contributed by atoms with E-state index in [0.717, 1.165) is 11.2 Å². The van der Waals surface area contributed by atoms with Gasteiger partial charge in [-0.2, -0.15) is 0 Å². The number of halogens is 1. The van der Waals surface area contributed by atoms with Crippen LogP contribution in [0.4, 0.5) is 4.39 Å². The monoisotopic (exact) mass is 298 g/mol. The Hall–Kier alpha value is -2.69. The number of imidazole rings is 1. The van der Waals surface area contributed by atoms with Crippen molar-refractivity contribution in [3.05, 3.63) is 70.9 Å². The van der Waals surface area contributed by atoms with Crippen molar-refractivity contribution in [2.75, 3.05) is 0 Å². The van der Waals surface area contributed by atoms with Crippen LogP contribution >= 0.6 is 0 Å². The van der Waals surface area contributed by atoms with Crippen LogP contribution in [-0.2, 0) is 11.3 Å². The number of esters is 1. The molecule has 2 aromatic heterocycles. The van der Waals surface area contributed by atoms with E-state index in [4.69, 9.17) is 4.74 Å². The van der Waals surface area contributed by atoms with Gasteiger partial charge in [0.15, 0.2) is 0 Å². The normalized spacial score (nSPS) is 10.9. The number of carbonyl (C=O) groups excluding carboxylic acids is 1. The van der Waals surface area contributed by atoms with E-state index >= 15 is 0 Å². The number of carbonyl (C=O) groups is 1. The Morgan fingerprint density at radius 1 is 1.23 bits per heavy atom. The molecule has 0 radical (unpaired) electrons. The smallest absolute Gasteiger partial charge is 0.338 e. The summed E-state index contributed by atoms with van der Waals surface area (Å²) < 4.78 is 20.5. The summed E-state index contributed by atoms with van der Waals surface area (Å²) in [4.78, 5) is 16.3. The van der Waals surface area contributed by atoms with E-state index in [1.807, 2.05) is 35.9 Å². The van der Waals surface area contributed by atoms with Crippen molar-refractivity contribution >= 4 is 11.6 Å². The number of hydrogen-bond donors (Lipinski definition) is 0. The van der Waals surface area contributed by atoms with Gasteiger partial charge in [-0.25, -0.2) is 14.2 Å². The predicted octanol–water partition coefficient (Wildman–Crippen LogP) is 3.45. The number of hydrogen-bond acceptors (Lipinski definition) is 3. The average Bonchev–Trinajstić information content (AvgIpc) is 2.89. The molecule has 2 heterocycles. The van der Waals surface area contributed by atoms with E-state index in [0.29, 0.717) is 11.3 Å². The van der Waals surface area contributed by atoms with Crippen LogP contribution in [0.25, 0.3) is 5.65 Å². The summed E-state index contributed by atoms with van der Waals surface area (Å²) in [7, 11) is 0. The van der Waals surface area contributed by atoms with Gasteiger partial charge in [0, 0.05) is 12.4 Å². The van der Waals surface area contributed by atoms with Crippen molar-refractivity contribution < 1.29 is 13.9 Å². The summed E-state index contributed by atoms with van der Waals surface area (Å²) in [6, 6.07) is 8.15. The number of ether oxygens (including phenoxy) is 1. The minimum atomic E-state index is -0.563. The Balaban J connectivity index is 1.72. The number of pyridine rings is 1. The third kappa shape index (κ3) is 2.83. The van der Waals surface area contributed by atoms with E-state index in [1.165, 1.54) is 6.07 Å². The van der Waals surface area contributed by atoms with Crippen molar-refractivity contribution in [1.82, 2.24) is 9.38 Å². The first-order valence-corrected chi connectivity index (χ1v) is 6.90. The lowest BCUT2D eigenvalue weighted by Crippen LogP contribution is -2.06. The third-order valence-electron chi connectivity index (χ3n) is 3.41. The molecule has 0 aliphatic rings. The molecule has 0 aliphatic carbocycles. The van der Waals surface area contributed by atoms with Crippen LogP contribution in [0.1, 0.15) is 27.2 Å². The molecule has 0 spiro atoms. The number of fused-ring (bicyclic) bond motifs is 1. The fourth-order valence-corrected chi connectivity index (χ4v) is 2.17. The van der Waals surface area contributed by atoms with Crippen LogP contribution in [-0.4, -0.2) is 15.4 Å². The fraction of sp³-hybridized carbons (Fsp3) is 0.176. The van der Waals surface area contributed by atoms with Gasteiger partial charge in [-0.15, -0.1) is 0 Å². The number of rotatable bonds is 3. The first-order valence-electron chi connectivity index (χ1n) is 6.90. The van der Waals surface area contributed by atoms with Gasteiger partial charge in [0.1, 0.15) is 18.1 Å². The van der Waals surface area contributed by atoms with Gasteiger partial charge < -0.3 is 9.14 Å². The Kier molecular flexibility index (Phi) is 3.63. The zero-order valence-electron chi connectivity index (χ0n) is 12.3. The lowest BCUT2D eigenvalue weighted by Gasteiger charge is -2.04. The van der Waals surface area contributed by atoms with Gasteiger partial charge in [-0.05, 0) is 43.2 Å². The maximum Gasteiger partial charge on any atom is 0.338 e. The second-order valence-corrected chi connectivity index (χ2v) is 5.24. The van der Waals surface area contributed by atoms with Crippen molar-refractivity contribution in [1.29, 1.82) is 0 Å². The molecule has 0 amide bonds. The fourth-order valence-electron chi connectivity index (χ4n) is 2.17. The first kappa shape index (κ1) is 14.3. The molecule has 22 heavy (non-hydrogen) atoms. The van der Waals surface area contributed by atoms with Crippen LogP contribution < -0.4 is 0 Å². The van der Waals surface area contributed by atoms with Gasteiger partial charge >= 0.3 is 5.97 Å². The van der Waals surface area contributed by atoms with Gasteiger partial charge in [0.25, 0.3) is 0 Å². The molecule has 4 nitrogen and oxygen atoms in total. The second-order valence-electron chi connectivity index (χ2n) is 5.24. The van der Waals surface area contributed by atoms with E-state index < -0.39 is 11.8 Å². The van der Waals surface area contributed by atoms with Crippen LogP contribution in [0, 0.1) is 19.7 Å². The summed E-state index contributed by atoms with van der Waals surface area (Å²) >= 11 is 0. The summed E-state index contributed by atoms with van der Waals surface area (Å²) in [6.45, 7) is 3.68. The molecule has 0 atom stereocenters. The quantitative estimate of drug-likeness (QED) is 0.696. The van der Waals surface area contributed by atoms with Crippen LogP contribution in [0.2, 0.25) is 0 Å². The highest BCUT2D eigenvalue weighted by Gasteiger charge is 2.11. The highest BCUT2D eigenvalue weighted by atomic mass is 19.1. The molecule has 0 N–H and O–H groups in total. The van der Waals surface area contributed by atoms with Crippen molar-refractivity contribution in [3.63, 3.8) is 0 Å². The minimum absolute atomic E-state index is 0.0507. The average molecular weight is 298 g/mol. The number of nitrogens with zero attached hydrogens (tertiary/aromatic N) is 2. The molecule has 3 rings (SSSR count). The van der Waals surface area contributed by atoms with Crippen molar-refractivity contribution in [3.8, 4) is 0 Å². The lowest BCUT2D eigenvalue weighted by molar-refractivity contribution is 0.0467. The summed E-state index contributed by atoms with van der Waals surface area (Å²) in [5.41, 5.74) is 3.24. The minimum Gasteiger partial charge on any atom is -0.456 e. The Bertz CT molecular complexity index is 855. The molecule has 0 aliphatic heterocycles. The standard InChI is InChI=1S/C17H15FN2O2/c1-11-3-6-16-19-14(9-20(16)8-11)10-22-17(21)13-5-4-12(2)15(18)7-13/h3-9H,10H2,1-2H3. The largest absolute Gasteiger partial charge is 0.456 e. The second kappa shape index (κ2) is 5.60. The van der Waals surface area contributed by atoms with E-state index in [9.17, 15) is 9.18 Å². The highest BCUT2D eigenvalue weighted by Crippen LogP contribution is 2.12. The molecular formula is C17H15FN2O2. The molecule has 0 saturated heterocycles. The van der Waals surface area contributed by atoms with Crippen molar-refractivity contribution in [2.24, 2.45) is 0 Å². The summed E-state index contributed by atoms with van der Waals surface area (Å²) in [6.07, 6.45) is 3.76. The molecule has 0 bridgehead atoms. The Morgan fingerprint density at radius 2 is 2.05 bits per heavy atom. The van der Waals surface area contributed by atoms with Crippen LogP contribution in [0.15, 0.2) is 42.7 Å². The van der Waals surface area contributed by atoms with Crippen LogP contribution in [0.5, 0.6) is 0 Å². The van der Waals surface area contributed by atoms with Crippen molar-refractivity contribution in [2.45, 2.75) is 20.5 Å². The van der Waals surface area contributed by atoms with Gasteiger partial charge in [0.2, 0.25) is 0 Å². The SMILES string of the molecule is Cc1ccc2nc(COC(=O)c3ccc(C)c(F)c3)cn2c1. The van der Waals surface area contributed by atoms with Gasteiger partial charge in [-0.3, -0.25) is 0 Å². The molecule has 5 heteroatoms. The molecule has 3 aromatic rings. The van der Waals surface area contributed by atoms with E-state index in [1.54, 1.807) is 19.1 Å². The Morgan fingerprint density at radius 3 is 2.82 bits per heavy atom. The van der Waals surface area contributed by atoms with Gasteiger partial charge in [-0.1, -0.05) is 12.1 Å². The Labute approximate surface area is 127 Å². The zero-order chi connectivity index (χ0) is 15.7. The third-order valence-corrected chi connectivity index (χ3v) is 3.41. The summed E-state index contributed by atoms with van der Waals surface area (Å²) in [5.74, 6) is -0.982. The number of aromatic nitrogens is 2. The first-order chi connectivity index (χ1) is 10.5. The molecule has 0 saturated carbocycles. The topological polar surface area (TPSA) is 43.6 Å². The molecule has 112 valence electrons. The van der Waals surface area contributed by atoms with E-state index in [-0.39, 0.29) is 12.2 Å². The molecular weight excluding hydrogens is 283 g/mol. The van der Waals surface area contributed by atoms with Crippen LogP contribution in [0.3, 0.4) is 0 Å². The van der Waals surface area contributed by atoms with Gasteiger partial charge in [0.05, 0.1) is 11.3 Å². The lowest BCUT2D eigenvalue weighted by atomic mass is 10.1. The number of benzene rings is 1. The van der Waals surface area contributed by atoms with E-state index in [2.05, 4.69) is 4.98 Å². The maximum absolute atomic E-state index is 13.5. The molecule has 0 fully saturated rings. The highest BCUT2D eigenvalue weighted by molar-refractivity contribution is 5.89. The molecule has 0 unspecified atom stereocenters.